The Morgan fingerprint density at radius 2 is 1.85 bits per heavy atom. The molecule has 1 saturated heterocycles. The van der Waals surface area contributed by atoms with Crippen LogP contribution >= 0.6 is 11.6 Å². The molecular weight excluding hydrogens is 358 g/mol. The third-order valence-electron chi connectivity index (χ3n) is 4.63. The van der Waals surface area contributed by atoms with Crippen LogP contribution in [0.5, 0.6) is 0 Å². The molecule has 2 rings (SSSR count). The fourth-order valence-electron chi connectivity index (χ4n) is 2.98. The number of amides is 3. The Kier molecular flexibility index (Phi) is 6.85. The van der Waals surface area contributed by atoms with Gasteiger partial charge in [0.2, 0.25) is 0 Å². The molecule has 0 radical (unpaired) electrons. The lowest BCUT2D eigenvalue weighted by molar-refractivity contribution is -0.143. The highest BCUT2D eigenvalue weighted by atomic mass is 35.5. The number of nitrogens with one attached hydrogen (secondary N) is 1. The van der Waals surface area contributed by atoms with Gasteiger partial charge in [-0.2, -0.15) is 0 Å². The van der Waals surface area contributed by atoms with Crippen molar-refractivity contribution in [3.63, 3.8) is 0 Å². The predicted molar refractivity (Wildman–Crippen MR) is 99.7 cm³/mol. The summed E-state index contributed by atoms with van der Waals surface area (Å²) in [5.41, 5.74) is 0.895. The minimum atomic E-state index is -0.815. The number of rotatable bonds is 5. The van der Waals surface area contributed by atoms with Crippen LogP contribution in [0.2, 0.25) is 5.02 Å². The van der Waals surface area contributed by atoms with Gasteiger partial charge in [0.05, 0.1) is 16.5 Å². The fraction of sp³-hybridized carbons (Fsp3) is 0.500. The summed E-state index contributed by atoms with van der Waals surface area (Å²) in [5, 5.41) is 12.0. The molecule has 1 fully saturated rings. The van der Waals surface area contributed by atoms with Crippen LogP contribution in [0.1, 0.15) is 37.0 Å². The smallest absolute Gasteiger partial charge is 0.321 e. The average molecular weight is 382 g/mol. The molecule has 0 saturated carbocycles. The zero-order valence-corrected chi connectivity index (χ0v) is 15.8. The van der Waals surface area contributed by atoms with Gasteiger partial charge in [0.25, 0.3) is 5.91 Å². The molecule has 0 aromatic heterocycles. The number of urea groups is 1. The maximum Gasteiger partial charge on any atom is 0.321 e. The lowest BCUT2D eigenvalue weighted by Gasteiger charge is -2.30. The molecule has 26 heavy (non-hydrogen) atoms. The summed E-state index contributed by atoms with van der Waals surface area (Å²) in [4.78, 5) is 38.9. The first-order valence-electron chi connectivity index (χ1n) is 8.74. The highest BCUT2D eigenvalue weighted by Crippen LogP contribution is 2.24. The number of carboxylic acids is 1. The van der Waals surface area contributed by atoms with E-state index in [4.69, 9.17) is 16.7 Å². The SMILES string of the molecule is CCN(CC)C(=O)c1ccc(NC(=O)N2CCC(C(=O)O)CC2)cc1Cl. The highest BCUT2D eigenvalue weighted by Gasteiger charge is 2.27. The number of benzene rings is 1. The van der Waals surface area contributed by atoms with Gasteiger partial charge in [0, 0.05) is 31.9 Å². The molecule has 142 valence electrons. The first-order valence-corrected chi connectivity index (χ1v) is 9.12. The molecule has 1 aromatic rings. The number of anilines is 1. The van der Waals surface area contributed by atoms with E-state index in [1.54, 1.807) is 28.0 Å². The molecule has 0 aliphatic carbocycles. The van der Waals surface area contributed by atoms with Crippen molar-refractivity contribution in [2.45, 2.75) is 26.7 Å². The topological polar surface area (TPSA) is 90.0 Å². The number of aliphatic carboxylic acids is 1. The van der Waals surface area contributed by atoms with Crippen LogP contribution in [0.25, 0.3) is 0 Å². The van der Waals surface area contributed by atoms with Crippen molar-refractivity contribution >= 4 is 35.2 Å². The largest absolute Gasteiger partial charge is 0.481 e. The summed E-state index contributed by atoms with van der Waals surface area (Å²) in [7, 11) is 0. The third-order valence-corrected chi connectivity index (χ3v) is 4.95. The van der Waals surface area contributed by atoms with E-state index in [1.165, 1.54) is 0 Å². The second kappa shape index (κ2) is 8.89. The number of carbonyl (C=O) groups excluding carboxylic acids is 2. The van der Waals surface area contributed by atoms with Crippen molar-refractivity contribution in [3.8, 4) is 0 Å². The molecule has 7 nitrogen and oxygen atoms in total. The van der Waals surface area contributed by atoms with E-state index in [-0.39, 0.29) is 22.9 Å². The summed E-state index contributed by atoms with van der Waals surface area (Å²) in [6, 6.07) is 4.51. The van der Waals surface area contributed by atoms with E-state index in [0.717, 1.165) is 0 Å². The highest BCUT2D eigenvalue weighted by molar-refractivity contribution is 6.34. The van der Waals surface area contributed by atoms with Gasteiger partial charge in [-0.1, -0.05) is 11.6 Å². The van der Waals surface area contributed by atoms with E-state index in [2.05, 4.69) is 5.32 Å². The van der Waals surface area contributed by atoms with Gasteiger partial charge in [-0.25, -0.2) is 4.79 Å². The number of carboxylic acid groups (broad SMARTS) is 1. The quantitative estimate of drug-likeness (QED) is 0.819. The van der Waals surface area contributed by atoms with Crippen LogP contribution in [0.15, 0.2) is 18.2 Å². The summed E-state index contributed by atoms with van der Waals surface area (Å²) < 4.78 is 0. The summed E-state index contributed by atoms with van der Waals surface area (Å²) in [5.74, 6) is -1.35. The second-order valence-electron chi connectivity index (χ2n) is 6.20. The Morgan fingerprint density at radius 1 is 1.23 bits per heavy atom. The van der Waals surface area contributed by atoms with Gasteiger partial charge in [0.1, 0.15) is 0 Å². The number of hydrogen-bond donors (Lipinski definition) is 2. The van der Waals surface area contributed by atoms with E-state index in [9.17, 15) is 14.4 Å². The van der Waals surface area contributed by atoms with Gasteiger partial charge < -0.3 is 20.2 Å². The van der Waals surface area contributed by atoms with E-state index in [1.807, 2.05) is 13.8 Å². The Balaban J connectivity index is 2.00. The zero-order chi connectivity index (χ0) is 19.3. The number of nitrogens with zero attached hydrogens (tertiary/aromatic N) is 2. The molecule has 0 atom stereocenters. The second-order valence-corrected chi connectivity index (χ2v) is 6.61. The molecule has 1 aliphatic heterocycles. The summed E-state index contributed by atoms with van der Waals surface area (Å²) in [6.45, 7) is 5.78. The number of carbonyl (C=O) groups is 3. The van der Waals surface area contributed by atoms with Crippen molar-refractivity contribution in [2.75, 3.05) is 31.5 Å². The van der Waals surface area contributed by atoms with Crippen LogP contribution in [0, 0.1) is 5.92 Å². The maximum atomic E-state index is 12.4. The van der Waals surface area contributed by atoms with E-state index < -0.39 is 5.97 Å². The average Bonchev–Trinajstić information content (AvgIpc) is 2.62. The zero-order valence-electron chi connectivity index (χ0n) is 15.0. The number of halogens is 1. The lowest BCUT2D eigenvalue weighted by Crippen LogP contribution is -2.42. The normalized spacial score (nSPS) is 14.8. The summed E-state index contributed by atoms with van der Waals surface area (Å²) in [6.07, 6.45) is 0.891. The molecule has 1 heterocycles. The fourth-order valence-corrected chi connectivity index (χ4v) is 3.24. The van der Waals surface area contributed by atoms with Crippen LogP contribution in [-0.2, 0) is 4.79 Å². The number of piperidine rings is 1. The van der Waals surface area contributed by atoms with Crippen molar-refractivity contribution < 1.29 is 19.5 Å². The Hall–Kier alpha value is -2.28. The molecule has 2 N–H and O–H groups in total. The molecule has 1 aliphatic rings. The van der Waals surface area contributed by atoms with Crippen molar-refractivity contribution in [1.29, 1.82) is 0 Å². The van der Waals surface area contributed by atoms with Crippen LogP contribution in [0.4, 0.5) is 10.5 Å². The monoisotopic (exact) mass is 381 g/mol. The van der Waals surface area contributed by atoms with Gasteiger partial charge in [-0.3, -0.25) is 9.59 Å². The minimum absolute atomic E-state index is 0.145. The van der Waals surface area contributed by atoms with Crippen LogP contribution < -0.4 is 5.32 Å². The Morgan fingerprint density at radius 3 is 2.35 bits per heavy atom. The van der Waals surface area contributed by atoms with Crippen LogP contribution in [-0.4, -0.2) is 59.0 Å². The summed E-state index contributed by atoms with van der Waals surface area (Å²) >= 11 is 6.23. The molecular formula is C18H24ClN3O4. The van der Waals surface area contributed by atoms with Gasteiger partial charge >= 0.3 is 12.0 Å². The van der Waals surface area contributed by atoms with Gasteiger partial charge in [-0.15, -0.1) is 0 Å². The van der Waals surface area contributed by atoms with Crippen molar-refractivity contribution in [3.05, 3.63) is 28.8 Å². The number of likely N-dealkylation sites (tertiary alicyclic amines) is 1. The molecule has 1 aromatic carbocycles. The van der Waals surface area contributed by atoms with E-state index >= 15 is 0 Å². The standard InChI is InChI=1S/C18H24ClN3O4/c1-3-21(4-2)16(23)14-6-5-13(11-15(14)19)20-18(26)22-9-7-12(8-10-22)17(24)25/h5-6,11-12H,3-4,7-10H2,1-2H3,(H,20,26)(H,24,25). The third kappa shape index (κ3) is 4.66. The van der Waals surface area contributed by atoms with Crippen LogP contribution in [0.3, 0.4) is 0 Å². The number of hydrogen-bond acceptors (Lipinski definition) is 3. The van der Waals surface area contributed by atoms with Crippen molar-refractivity contribution in [1.82, 2.24) is 9.80 Å². The van der Waals surface area contributed by atoms with Gasteiger partial charge in [-0.05, 0) is 44.9 Å². The minimum Gasteiger partial charge on any atom is -0.481 e. The molecule has 0 bridgehead atoms. The van der Waals surface area contributed by atoms with E-state index in [0.29, 0.717) is 50.3 Å². The molecule has 0 unspecified atom stereocenters. The maximum absolute atomic E-state index is 12.4. The first kappa shape index (κ1) is 20.0. The Bertz CT molecular complexity index is 683. The lowest BCUT2D eigenvalue weighted by atomic mass is 9.97. The molecule has 0 spiro atoms. The first-order chi connectivity index (χ1) is 12.4. The van der Waals surface area contributed by atoms with Crippen molar-refractivity contribution in [2.24, 2.45) is 5.92 Å². The van der Waals surface area contributed by atoms with Gasteiger partial charge in [0.15, 0.2) is 0 Å². The molecule has 3 amide bonds. The Labute approximate surface area is 157 Å². The predicted octanol–water partition coefficient (Wildman–Crippen LogP) is 3.15. The molecule has 8 heteroatoms.